The number of unbranched alkanes of at least 4 members (excludes halogenated alkanes) is 9. The van der Waals surface area contributed by atoms with Gasteiger partial charge >= 0.3 is 0 Å². The van der Waals surface area contributed by atoms with Gasteiger partial charge in [0.15, 0.2) is 0 Å². The highest BCUT2D eigenvalue weighted by molar-refractivity contribution is 5.23. The van der Waals surface area contributed by atoms with Crippen LogP contribution in [0.4, 0.5) is 4.39 Å². The predicted molar refractivity (Wildman–Crippen MR) is 113 cm³/mol. The molecule has 0 aliphatic rings. The molecule has 5 N–H and O–H groups in total. The lowest BCUT2D eigenvalue weighted by Gasteiger charge is -2.30. The molecule has 0 saturated heterocycles. The first-order valence-corrected chi connectivity index (χ1v) is 10.9. The number of aliphatic hydroxyl groups excluding tert-OH is 3. The van der Waals surface area contributed by atoms with Gasteiger partial charge in [0.25, 0.3) is 0 Å². The molecule has 162 valence electrons. The van der Waals surface area contributed by atoms with Crippen LogP contribution < -0.4 is 5.73 Å². The van der Waals surface area contributed by atoms with E-state index in [0.29, 0.717) is 6.42 Å². The summed E-state index contributed by atoms with van der Waals surface area (Å²) in [7, 11) is 0. The Morgan fingerprint density at radius 3 is 1.64 bits per heavy atom. The van der Waals surface area contributed by atoms with Crippen molar-refractivity contribution in [1.82, 2.24) is 0 Å². The van der Waals surface area contributed by atoms with E-state index in [-0.39, 0.29) is 6.67 Å². The third-order valence-electron chi connectivity index (χ3n) is 5.55. The molecule has 1 unspecified atom stereocenters. The summed E-state index contributed by atoms with van der Waals surface area (Å²) >= 11 is 0. The maximum Gasteiger partial charge on any atom is 0.0894 e. The second-order valence-corrected chi connectivity index (χ2v) is 8.06. The molecule has 0 aromatic heterocycles. The van der Waals surface area contributed by atoms with Crippen molar-refractivity contribution in [2.45, 2.75) is 88.7 Å². The Morgan fingerprint density at radius 2 is 1.18 bits per heavy atom. The first-order chi connectivity index (χ1) is 13.6. The van der Waals surface area contributed by atoms with E-state index in [2.05, 4.69) is 12.1 Å². The van der Waals surface area contributed by atoms with Crippen molar-refractivity contribution in [2.75, 3.05) is 19.9 Å². The summed E-state index contributed by atoms with van der Waals surface area (Å²) in [6.07, 6.45) is 12.1. The molecule has 0 aliphatic heterocycles. The van der Waals surface area contributed by atoms with Gasteiger partial charge in [0.1, 0.15) is 0 Å². The van der Waals surface area contributed by atoms with Crippen LogP contribution in [0.25, 0.3) is 0 Å². The van der Waals surface area contributed by atoms with E-state index in [1.807, 2.05) is 12.1 Å². The predicted octanol–water partition coefficient (Wildman–Crippen LogP) is 3.69. The van der Waals surface area contributed by atoms with Crippen LogP contribution in [0.5, 0.6) is 0 Å². The number of aryl methyl sites for hydroxylation is 1. The maximum absolute atomic E-state index is 12.0. The van der Waals surface area contributed by atoms with E-state index in [4.69, 9.17) is 5.73 Å². The standard InChI is InChI=1S/C23H40FNO3/c24-16-10-8-6-4-2-1-3-5-7-9-11-20-12-14-21(15-13-20)17-22(28)23(25,18-26)19-27/h12-15,22,26-28H,1-11,16-19,25H2. The number of hydrogen-bond acceptors (Lipinski definition) is 4. The van der Waals surface area contributed by atoms with Crippen molar-refractivity contribution in [2.24, 2.45) is 5.73 Å². The fourth-order valence-electron chi connectivity index (χ4n) is 3.37. The van der Waals surface area contributed by atoms with Gasteiger partial charge in [-0.15, -0.1) is 0 Å². The van der Waals surface area contributed by atoms with Crippen LogP contribution in [-0.4, -0.2) is 46.9 Å². The Hall–Kier alpha value is -1.01. The highest BCUT2D eigenvalue weighted by Gasteiger charge is 2.32. The number of nitrogens with two attached hydrogens (primary N) is 1. The topological polar surface area (TPSA) is 86.7 Å². The van der Waals surface area contributed by atoms with E-state index >= 15 is 0 Å². The lowest BCUT2D eigenvalue weighted by atomic mass is 9.90. The molecule has 0 amide bonds. The van der Waals surface area contributed by atoms with Crippen molar-refractivity contribution >= 4 is 0 Å². The Kier molecular flexibility index (Phi) is 13.3. The fraction of sp³-hybridized carbons (Fsp3) is 0.739. The zero-order valence-corrected chi connectivity index (χ0v) is 17.3. The van der Waals surface area contributed by atoms with E-state index in [9.17, 15) is 19.7 Å². The summed E-state index contributed by atoms with van der Waals surface area (Å²) in [4.78, 5) is 0. The van der Waals surface area contributed by atoms with Gasteiger partial charge in [0, 0.05) is 6.42 Å². The third-order valence-corrected chi connectivity index (χ3v) is 5.55. The van der Waals surface area contributed by atoms with E-state index in [1.165, 1.54) is 56.9 Å². The van der Waals surface area contributed by atoms with Gasteiger partial charge in [0.2, 0.25) is 0 Å². The Morgan fingerprint density at radius 1 is 0.750 bits per heavy atom. The lowest BCUT2D eigenvalue weighted by Crippen LogP contribution is -2.57. The summed E-state index contributed by atoms with van der Waals surface area (Å²) < 4.78 is 12.0. The number of alkyl halides is 1. The number of benzene rings is 1. The van der Waals surface area contributed by atoms with Crippen LogP contribution >= 0.6 is 0 Å². The third kappa shape index (κ3) is 9.97. The van der Waals surface area contributed by atoms with Gasteiger partial charge in [-0.05, 0) is 30.4 Å². The number of hydrogen-bond donors (Lipinski definition) is 4. The zero-order valence-electron chi connectivity index (χ0n) is 17.3. The second kappa shape index (κ2) is 14.9. The Labute approximate surface area is 170 Å². The van der Waals surface area contributed by atoms with E-state index < -0.39 is 24.9 Å². The van der Waals surface area contributed by atoms with Gasteiger partial charge in [0.05, 0.1) is 31.5 Å². The van der Waals surface area contributed by atoms with Crippen LogP contribution in [0, 0.1) is 0 Å². The Bertz CT molecular complexity index is 491. The van der Waals surface area contributed by atoms with Crippen LogP contribution in [0.2, 0.25) is 0 Å². The molecule has 4 nitrogen and oxygen atoms in total. The van der Waals surface area contributed by atoms with Crippen LogP contribution in [0.1, 0.15) is 75.3 Å². The molecule has 1 atom stereocenters. The Balaban J connectivity index is 2.14. The van der Waals surface area contributed by atoms with E-state index in [1.54, 1.807) is 0 Å². The van der Waals surface area contributed by atoms with Gasteiger partial charge in [-0.25, -0.2) is 0 Å². The summed E-state index contributed by atoms with van der Waals surface area (Å²) in [5.41, 5.74) is 6.67. The molecular formula is C23H40FNO3. The first-order valence-electron chi connectivity index (χ1n) is 10.9. The lowest BCUT2D eigenvalue weighted by molar-refractivity contribution is 0.00832. The quantitative estimate of drug-likeness (QED) is 0.302. The molecule has 1 aromatic carbocycles. The van der Waals surface area contributed by atoms with Crippen LogP contribution in [-0.2, 0) is 12.8 Å². The summed E-state index contributed by atoms with van der Waals surface area (Å²) in [6, 6.07) is 8.12. The molecule has 0 saturated carbocycles. The molecular weight excluding hydrogens is 357 g/mol. The molecule has 0 bridgehead atoms. The van der Waals surface area contributed by atoms with Gasteiger partial charge < -0.3 is 21.1 Å². The minimum absolute atomic E-state index is 0.174. The largest absolute Gasteiger partial charge is 0.394 e. The molecule has 1 aromatic rings. The molecule has 0 spiro atoms. The van der Waals surface area contributed by atoms with Crippen molar-refractivity contribution in [3.05, 3.63) is 35.4 Å². The van der Waals surface area contributed by atoms with Gasteiger partial charge in [-0.1, -0.05) is 75.6 Å². The van der Waals surface area contributed by atoms with E-state index in [0.717, 1.165) is 24.8 Å². The highest BCUT2D eigenvalue weighted by atomic mass is 19.1. The smallest absolute Gasteiger partial charge is 0.0894 e. The van der Waals surface area contributed by atoms with Crippen molar-refractivity contribution in [3.8, 4) is 0 Å². The molecule has 0 heterocycles. The number of aliphatic hydroxyl groups is 3. The molecule has 28 heavy (non-hydrogen) atoms. The van der Waals surface area contributed by atoms with Crippen molar-refractivity contribution < 1.29 is 19.7 Å². The van der Waals surface area contributed by atoms with Crippen LogP contribution in [0.3, 0.4) is 0 Å². The number of rotatable bonds is 17. The fourth-order valence-corrected chi connectivity index (χ4v) is 3.37. The molecule has 5 heteroatoms. The molecule has 0 radical (unpaired) electrons. The minimum atomic E-state index is -1.37. The minimum Gasteiger partial charge on any atom is -0.394 e. The summed E-state index contributed by atoms with van der Waals surface area (Å²) in [5.74, 6) is 0. The van der Waals surface area contributed by atoms with Crippen molar-refractivity contribution in [1.29, 1.82) is 0 Å². The number of halogens is 1. The monoisotopic (exact) mass is 397 g/mol. The van der Waals surface area contributed by atoms with Gasteiger partial charge in [-0.2, -0.15) is 0 Å². The summed E-state index contributed by atoms with van der Waals surface area (Å²) in [5, 5.41) is 28.7. The summed E-state index contributed by atoms with van der Waals surface area (Å²) in [6.45, 7) is -1.09. The van der Waals surface area contributed by atoms with Gasteiger partial charge in [-0.3, -0.25) is 4.39 Å². The maximum atomic E-state index is 12.0. The zero-order chi connectivity index (χ0) is 20.7. The van der Waals surface area contributed by atoms with Crippen molar-refractivity contribution in [3.63, 3.8) is 0 Å². The normalized spacial score (nSPS) is 13.0. The molecule has 0 fully saturated rings. The SMILES string of the molecule is NC(CO)(CO)C(O)Cc1ccc(CCCCCCCCCCCCF)cc1. The second-order valence-electron chi connectivity index (χ2n) is 8.06. The highest BCUT2D eigenvalue weighted by Crippen LogP contribution is 2.16. The molecule has 1 rings (SSSR count). The molecule has 0 aliphatic carbocycles. The average molecular weight is 398 g/mol. The van der Waals surface area contributed by atoms with Crippen LogP contribution in [0.15, 0.2) is 24.3 Å². The first kappa shape index (κ1) is 25.0. The average Bonchev–Trinajstić information content (AvgIpc) is 2.72.